The predicted molar refractivity (Wildman–Crippen MR) is 137 cm³/mol. The Kier molecular flexibility index (Phi) is 6.34. The smallest absolute Gasteiger partial charge is 0.262 e. The number of methoxy groups -OCH3 is 1. The van der Waals surface area contributed by atoms with E-state index in [0.717, 1.165) is 0 Å². The molecule has 0 atom stereocenters. The van der Waals surface area contributed by atoms with E-state index in [0.29, 0.717) is 22.4 Å². The maximum Gasteiger partial charge on any atom is 0.262 e. The summed E-state index contributed by atoms with van der Waals surface area (Å²) in [5.74, 6) is -0.811. The zero-order valence-electron chi connectivity index (χ0n) is 19.8. The third-order valence-electron chi connectivity index (χ3n) is 6.05. The molecule has 1 N–H and O–H groups in total. The first kappa shape index (κ1) is 23.7. The van der Waals surface area contributed by atoms with E-state index in [1.54, 1.807) is 78.9 Å². The number of anilines is 1. The lowest BCUT2D eigenvalue weighted by Crippen LogP contribution is -2.26. The maximum absolute atomic E-state index is 13.2. The zero-order chi connectivity index (χ0) is 25.9. The van der Waals surface area contributed by atoms with E-state index < -0.39 is 12.5 Å². The molecular formula is C30H21NO6. The van der Waals surface area contributed by atoms with Gasteiger partial charge in [-0.3, -0.25) is 19.2 Å². The number of carbonyl (C=O) groups excluding carboxylic acids is 4. The van der Waals surface area contributed by atoms with Crippen molar-refractivity contribution in [2.24, 2.45) is 0 Å². The molecule has 4 aromatic rings. The van der Waals surface area contributed by atoms with E-state index in [1.165, 1.54) is 13.2 Å². The highest BCUT2D eigenvalue weighted by molar-refractivity contribution is 6.30. The summed E-state index contributed by atoms with van der Waals surface area (Å²) in [6.07, 6.45) is 0. The fourth-order valence-corrected chi connectivity index (χ4v) is 4.26. The summed E-state index contributed by atoms with van der Waals surface area (Å²) in [7, 11) is 1.49. The van der Waals surface area contributed by atoms with Crippen molar-refractivity contribution in [3.05, 3.63) is 124 Å². The van der Waals surface area contributed by atoms with Gasteiger partial charge in [0.15, 0.2) is 24.0 Å². The number of carbonyl (C=O) groups is 4. The second kappa shape index (κ2) is 9.91. The molecule has 1 aliphatic carbocycles. The van der Waals surface area contributed by atoms with Crippen LogP contribution in [-0.2, 0) is 4.79 Å². The molecule has 7 heteroatoms. The number of rotatable bonds is 7. The van der Waals surface area contributed by atoms with E-state index in [9.17, 15) is 19.2 Å². The summed E-state index contributed by atoms with van der Waals surface area (Å²) in [5, 5.41) is 2.68. The summed E-state index contributed by atoms with van der Waals surface area (Å²) in [6.45, 7) is -0.440. The molecule has 1 amide bonds. The molecule has 0 radical (unpaired) electrons. The zero-order valence-corrected chi connectivity index (χ0v) is 19.8. The van der Waals surface area contributed by atoms with Crippen LogP contribution in [-0.4, -0.2) is 37.0 Å². The fourth-order valence-electron chi connectivity index (χ4n) is 4.26. The van der Waals surface area contributed by atoms with Crippen molar-refractivity contribution in [2.75, 3.05) is 19.0 Å². The highest BCUT2D eigenvalue weighted by Gasteiger charge is 2.31. The molecule has 37 heavy (non-hydrogen) atoms. The topological polar surface area (TPSA) is 98.8 Å². The predicted octanol–water partition coefficient (Wildman–Crippen LogP) is 4.72. The van der Waals surface area contributed by atoms with Crippen LogP contribution in [0.1, 0.15) is 47.8 Å². The van der Waals surface area contributed by atoms with Crippen LogP contribution >= 0.6 is 0 Å². The molecule has 0 saturated heterocycles. The van der Waals surface area contributed by atoms with E-state index in [4.69, 9.17) is 9.47 Å². The van der Waals surface area contributed by atoms with Crippen LogP contribution in [0, 0.1) is 0 Å². The van der Waals surface area contributed by atoms with Crippen molar-refractivity contribution >= 4 is 28.9 Å². The Bertz CT molecular complexity index is 1560. The Morgan fingerprint density at radius 1 is 0.757 bits per heavy atom. The highest BCUT2D eigenvalue weighted by atomic mass is 16.5. The average Bonchev–Trinajstić information content (AvgIpc) is 2.94. The number of amides is 1. The highest BCUT2D eigenvalue weighted by Crippen LogP contribution is 2.32. The van der Waals surface area contributed by atoms with Gasteiger partial charge in [-0.1, -0.05) is 66.7 Å². The van der Waals surface area contributed by atoms with Gasteiger partial charge in [0.25, 0.3) is 5.91 Å². The van der Waals surface area contributed by atoms with Gasteiger partial charge in [0.2, 0.25) is 0 Å². The standard InChI is InChI=1S/C30H21NO6/c1-36-19-14-15-22(28(33)18-8-3-2-4-9-18)25(16-19)37-17-26(32)31-24-13-7-12-23-27(24)30(35)21-11-6-5-10-20(21)29(23)34/h2-16H,17H2,1H3,(H,31,32). The number of ketones is 3. The van der Waals surface area contributed by atoms with Crippen molar-refractivity contribution in [1.29, 1.82) is 0 Å². The molecule has 0 unspecified atom stereocenters. The minimum absolute atomic E-state index is 0.140. The largest absolute Gasteiger partial charge is 0.497 e. The molecule has 182 valence electrons. The lowest BCUT2D eigenvalue weighted by atomic mass is 9.83. The molecule has 1 aliphatic rings. The molecule has 7 nitrogen and oxygen atoms in total. The summed E-state index contributed by atoms with van der Waals surface area (Å²) >= 11 is 0. The minimum atomic E-state index is -0.562. The Morgan fingerprint density at radius 3 is 2.16 bits per heavy atom. The van der Waals surface area contributed by atoms with Gasteiger partial charge in [-0.05, 0) is 18.2 Å². The van der Waals surface area contributed by atoms with Crippen LogP contribution in [0.4, 0.5) is 5.69 Å². The van der Waals surface area contributed by atoms with Crippen molar-refractivity contribution < 1.29 is 28.7 Å². The molecule has 0 aromatic heterocycles. The third-order valence-corrected chi connectivity index (χ3v) is 6.05. The second-order valence-electron chi connectivity index (χ2n) is 8.33. The lowest BCUT2D eigenvalue weighted by molar-refractivity contribution is -0.118. The molecule has 5 rings (SSSR count). The van der Waals surface area contributed by atoms with Gasteiger partial charge < -0.3 is 14.8 Å². The summed E-state index contributed by atoms with van der Waals surface area (Å²) in [5.41, 5.74) is 1.95. The summed E-state index contributed by atoms with van der Waals surface area (Å²) in [4.78, 5) is 52.0. The van der Waals surface area contributed by atoms with Gasteiger partial charge in [0.1, 0.15) is 11.5 Å². The van der Waals surface area contributed by atoms with Crippen molar-refractivity contribution in [1.82, 2.24) is 0 Å². The molecule has 0 aliphatic heterocycles. The molecule has 0 fully saturated rings. The summed E-state index contributed by atoms with van der Waals surface area (Å²) in [6, 6.07) is 24.8. The van der Waals surface area contributed by atoms with Gasteiger partial charge in [0, 0.05) is 28.3 Å². The van der Waals surface area contributed by atoms with Gasteiger partial charge in [-0.15, -0.1) is 0 Å². The average molecular weight is 491 g/mol. The first-order valence-corrected chi connectivity index (χ1v) is 11.5. The van der Waals surface area contributed by atoms with Crippen LogP contribution in [0.2, 0.25) is 0 Å². The summed E-state index contributed by atoms with van der Waals surface area (Å²) < 4.78 is 11.0. The quantitative estimate of drug-likeness (QED) is 0.331. The normalized spacial score (nSPS) is 11.8. The molecule has 0 saturated carbocycles. The van der Waals surface area contributed by atoms with E-state index in [1.807, 2.05) is 6.07 Å². The Morgan fingerprint density at radius 2 is 1.43 bits per heavy atom. The van der Waals surface area contributed by atoms with E-state index >= 15 is 0 Å². The monoisotopic (exact) mass is 491 g/mol. The molecule has 4 aromatic carbocycles. The van der Waals surface area contributed by atoms with Crippen LogP contribution in [0.3, 0.4) is 0 Å². The Balaban J connectivity index is 1.38. The third kappa shape index (κ3) is 4.50. The number of hydrogen-bond acceptors (Lipinski definition) is 6. The Hall–Kier alpha value is -5.04. The lowest BCUT2D eigenvalue weighted by Gasteiger charge is -2.20. The van der Waals surface area contributed by atoms with E-state index in [-0.39, 0.29) is 45.5 Å². The first-order chi connectivity index (χ1) is 18.0. The first-order valence-electron chi connectivity index (χ1n) is 11.5. The van der Waals surface area contributed by atoms with Gasteiger partial charge in [-0.25, -0.2) is 0 Å². The molecule has 0 spiro atoms. The Labute approximate surface area is 212 Å². The number of nitrogens with one attached hydrogen (secondary N) is 1. The molecular weight excluding hydrogens is 470 g/mol. The van der Waals surface area contributed by atoms with Crippen LogP contribution < -0.4 is 14.8 Å². The minimum Gasteiger partial charge on any atom is -0.497 e. The van der Waals surface area contributed by atoms with Crippen LogP contribution in [0.25, 0.3) is 0 Å². The van der Waals surface area contributed by atoms with Crippen molar-refractivity contribution in [2.45, 2.75) is 0 Å². The van der Waals surface area contributed by atoms with E-state index in [2.05, 4.69) is 5.32 Å². The van der Waals surface area contributed by atoms with Crippen LogP contribution in [0.5, 0.6) is 11.5 Å². The molecule has 0 bridgehead atoms. The van der Waals surface area contributed by atoms with Crippen LogP contribution in [0.15, 0.2) is 91.0 Å². The van der Waals surface area contributed by atoms with Gasteiger partial charge >= 0.3 is 0 Å². The number of hydrogen-bond donors (Lipinski definition) is 1. The van der Waals surface area contributed by atoms with Gasteiger partial charge in [-0.2, -0.15) is 0 Å². The second-order valence-corrected chi connectivity index (χ2v) is 8.33. The van der Waals surface area contributed by atoms with Gasteiger partial charge in [0.05, 0.1) is 23.9 Å². The maximum atomic E-state index is 13.2. The van der Waals surface area contributed by atoms with Crippen molar-refractivity contribution in [3.63, 3.8) is 0 Å². The number of fused-ring (bicyclic) bond motifs is 2. The number of benzene rings is 4. The number of ether oxygens (including phenoxy) is 2. The SMILES string of the molecule is COc1ccc(C(=O)c2ccccc2)c(OCC(=O)Nc2cccc3c2C(=O)c2ccccc2C3=O)c1. The molecule has 0 heterocycles. The van der Waals surface area contributed by atoms with Crippen molar-refractivity contribution in [3.8, 4) is 11.5 Å². The fraction of sp³-hybridized carbons (Fsp3) is 0.0667.